The first-order chi connectivity index (χ1) is 17.9. The molecule has 5 rings (SSSR count). The zero-order chi connectivity index (χ0) is 26.0. The average Bonchev–Trinajstić information content (AvgIpc) is 3.38. The maximum Gasteiger partial charge on any atom is 0.287 e. The minimum Gasteiger partial charge on any atom is -0.497 e. The number of hydrogen-bond acceptors (Lipinski definition) is 8. The predicted molar refractivity (Wildman–Crippen MR) is 150 cm³/mol. The van der Waals surface area contributed by atoms with E-state index >= 15 is 0 Å². The van der Waals surface area contributed by atoms with Gasteiger partial charge in [0.1, 0.15) is 14.9 Å². The summed E-state index contributed by atoms with van der Waals surface area (Å²) >= 11 is 5.90. The Hall–Kier alpha value is -2.64. The number of rotatable bonds is 7. The molecule has 0 unspecified atom stereocenters. The van der Waals surface area contributed by atoms with Gasteiger partial charge in [0, 0.05) is 31.1 Å². The van der Waals surface area contributed by atoms with Gasteiger partial charge in [-0.2, -0.15) is 14.1 Å². The number of aromatic nitrogens is 2. The Kier molecular flexibility index (Phi) is 7.72. The summed E-state index contributed by atoms with van der Waals surface area (Å²) in [5.74, 6) is 0.732. The molecule has 0 atom stereocenters. The SMILES string of the molecule is COc1ccc(Sc2c(N3CCN(S(=O)(=O)c4ccc(Br)s4)CC3)cnn(-c3ccccc3)c2=O)cc1. The molecule has 1 fully saturated rings. The van der Waals surface area contributed by atoms with Gasteiger partial charge in [0.15, 0.2) is 0 Å². The maximum atomic E-state index is 13.7. The van der Waals surface area contributed by atoms with Gasteiger partial charge in [-0.3, -0.25) is 4.79 Å². The largest absolute Gasteiger partial charge is 0.497 e. The van der Waals surface area contributed by atoms with E-state index in [9.17, 15) is 13.2 Å². The standard InChI is InChI=1S/C25H23BrN4O4S3/c1-34-19-7-9-20(10-8-19)35-24-21(17-27-30(25(24)31)18-5-3-2-4-6-18)28-13-15-29(16-14-28)37(32,33)23-12-11-22(26)36-23/h2-12,17H,13-16H2,1H3. The van der Waals surface area contributed by atoms with Crippen LogP contribution < -0.4 is 15.2 Å². The minimum absolute atomic E-state index is 0.233. The third kappa shape index (κ3) is 5.48. The lowest BCUT2D eigenvalue weighted by atomic mass is 10.3. The Balaban J connectivity index is 1.45. The normalized spacial score (nSPS) is 14.6. The molecule has 0 aliphatic carbocycles. The van der Waals surface area contributed by atoms with E-state index in [1.54, 1.807) is 25.4 Å². The van der Waals surface area contributed by atoms with Crippen LogP contribution in [0.5, 0.6) is 5.75 Å². The molecule has 0 N–H and O–H groups in total. The summed E-state index contributed by atoms with van der Waals surface area (Å²) in [5.41, 5.74) is 1.13. The van der Waals surface area contributed by atoms with Crippen molar-refractivity contribution >= 4 is 54.7 Å². The zero-order valence-electron chi connectivity index (χ0n) is 19.8. The van der Waals surface area contributed by atoms with Crippen LogP contribution in [0.2, 0.25) is 0 Å². The summed E-state index contributed by atoms with van der Waals surface area (Å²) < 4.78 is 35.4. The second-order valence-electron chi connectivity index (χ2n) is 8.14. The van der Waals surface area contributed by atoms with Crippen LogP contribution >= 0.6 is 39.0 Å². The number of nitrogens with zero attached hydrogens (tertiary/aromatic N) is 4. The molecule has 2 aromatic heterocycles. The van der Waals surface area contributed by atoms with Gasteiger partial charge < -0.3 is 9.64 Å². The predicted octanol–water partition coefficient (Wildman–Crippen LogP) is 4.73. The van der Waals surface area contributed by atoms with Gasteiger partial charge in [0.2, 0.25) is 0 Å². The Morgan fingerprint density at radius 2 is 1.68 bits per heavy atom. The second-order valence-corrected chi connectivity index (χ2v) is 13.9. The first kappa shape index (κ1) is 26.0. The molecule has 1 aliphatic rings. The van der Waals surface area contributed by atoms with E-state index in [-0.39, 0.29) is 5.56 Å². The lowest BCUT2D eigenvalue weighted by Crippen LogP contribution is -2.49. The van der Waals surface area contributed by atoms with Gasteiger partial charge in [-0.15, -0.1) is 11.3 Å². The van der Waals surface area contributed by atoms with E-state index in [4.69, 9.17) is 4.74 Å². The fraction of sp³-hybridized carbons (Fsp3) is 0.200. The molecular weight excluding hydrogens is 596 g/mol. The number of anilines is 1. The van der Waals surface area contributed by atoms with Crippen molar-refractivity contribution in [3.8, 4) is 11.4 Å². The van der Waals surface area contributed by atoms with Crippen LogP contribution in [-0.4, -0.2) is 55.8 Å². The van der Waals surface area contributed by atoms with Crippen molar-refractivity contribution < 1.29 is 13.2 Å². The molecule has 0 radical (unpaired) electrons. The third-order valence-corrected chi connectivity index (χ3v) is 11.0. The van der Waals surface area contributed by atoms with Crippen molar-refractivity contribution in [2.75, 3.05) is 38.2 Å². The van der Waals surface area contributed by atoms with Crippen LogP contribution in [0.1, 0.15) is 0 Å². The fourth-order valence-corrected chi connectivity index (χ4v) is 8.55. The van der Waals surface area contributed by atoms with Crippen LogP contribution in [0.25, 0.3) is 5.69 Å². The Morgan fingerprint density at radius 3 is 2.30 bits per heavy atom. The van der Waals surface area contributed by atoms with Gasteiger partial charge in [0.05, 0.1) is 28.5 Å². The van der Waals surface area contributed by atoms with Crippen LogP contribution in [-0.2, 0) is 10.0 Å². The molecule has 2 aromatic carbocycles. The minimum atomic E-state index is -3.57. The summed E-state index contributed by atoms with van der Waals surface area (Å²) in [6.07, 6.45) is 1.70. The lowest BCUT2D eigenvalue weighted by molar-refractivity contribution is 0.385. The van der Waals surface area contributed by atoms with Crippen LogP contribution in [0.4, 0.5) is 5.69 Å². The van der Waals surface area contributed by atoms with Crippen molar-refractivity contribution in [2.24, 2.45) is 0 Å². The van der Waals surface area contributed by atoms with E-state index in [0.717, 1.165) is 14.4 Å². The summed E-state index contributed by atoms with van der Waals surface area (Å²) in [6.45, 7) is 1.51. The number of methoxy groups -OCH3 is 1. The number of hydrogen-bond donors (Lipinski definition) is 0. The smallest absolute Gasteiger partial charge is 0.287 e. The first-order valence-electron chi connectivity index (χ1n) is 11.4. The number of ether oxygens (including phenoxy) is 1. The average molecular weight is 620 g/mol. The summed E-state index contributed by atoms with van der Waals surface area (Å²) in [4.78, 5) is 17.1. The molecule has 8 nitrogen and oxygen atoms in total. The van der Waals surface area contributed by atoms with Gasteiger partial charge in [0.25, 0.3) is 15.6 Å². The number of thiophene rings is 1. The lowest BCUT2D eigenvalue weighted by Gasteiger charge is -2.35. The molecule has 192 valence electrons. The summed E-state index contributed by atoms with van der Waals surface area (Å²) in [5, 5.41) is 4.47. The van der Waals surface area contributed by atoms with Crippen LogP contribution in [0.15, 0.2) is 95.5 Å². The summed E-state index contributed by atoms with van der Waals surface area (Å²) in [7, 11) is -1.96. The van der Waals surface area contributed by atoms with E-state index in [2.05, 4.69) is 21.0 Å². The molecule has 3 heterocycles. The Morgan fingerprint density at radius 1 is 0.973 bits per heavy atom. The zero-order valence-corrected chi connectivity index (χ0v) is 23.8. The second kappa shape index (κ2) is 11.0. The number of piperazine rings is 1. The highest BCUT2D eigenvalue weighted by Crippen LogP contribution is 2.35. The molecule has 0 spiro atoms. The first-order valence-corrected chi connectivity index (χ1v) is 15.2. The van der Waals surface area contributed by atoms with Crippen LogP contribution in [0, 0.1) is 0 Å². The Bertz CT molecular complexity index is 1550. The van der Waals surface area contributed by atoms with E-state index < -0.39 is 10.0 Å². The van der Waals surface area contributed by atoms with Crippen LogP contribution in [0.3, 0.4) is 0 Å². The number of sulfonamides is 1. The highest BCUT2D eigenvalue weighted by atomic mass is 79.9. The topological polar surface area (TPSA) is 84.7 Å². The number of para-hydroxylation sites is 1. The third-order valence-electron chi connectivity index (χ3n) is 5.92. The van der Waals surface area contributed by atoms with E-state index in [1.165, 1.54) is 32.1 Å². The molecule has 1 aliphatic heterocycles. The van der Waals surface area contributed by atoms with E-state index in [0.29, 0.717) is 46.7 Å². The van der Waals surface area contributed by atoms with Gasteiger partial charge in [-0.1, -0.05) is 30.0 Å². The summed E-state index contributed by atoms with van der Waals surface area (Å²) in [6, 6.07) is 20.2. The van der Waals surface area contributed by atoms with Gasteiger partial charge in [-0.05, 0) is 64.5 Å². The monoisotopic (exact) mass is 618 g/mol. The molecule has 0 bridgehead atoms. The number of benzene rings is 2. The van der Waals surface area contributed by atoms with Gasteiger partial charge >= 0.3 is 0 Å². The van der Waals surface area contributed by atoms with Crippen molar-refractivity contribution in [2.45, 2.75) is 14.0 Å². The molecule has 0 saturated carbocycles. The molecule has 37 heavy (non-hydrogen) atoms. The van der Waals surface area contributed by atoms with E-state index in [1.807, 2.05) is 59.5 Å². The quantitative estimate of drug-likeness (QED) is 0.296. The molecule has 0 amide bonds. The van der Waals surface area contributed by atoms with Gasteiger partial charge in [-0.25, -0.2) is 8.42 Å². The highest BCUT2D eigenvalue weighted by molar-refractivity contribution is 9.11. The maximum absolute atomic E-state index is 13.7. The number of halogens is 1. The molecule has 1 saturated heterocycles. The van der Waals surface area contributed by atoms with Crippen molar-refractivity contribution in [1.82, 2.24) is 14.1 Å². The highest BCUT2D eigenvalue weighted by Gasteiger charge is 2.31. The van der Waals surface area contributed by atoms with Crippen molar-refractivity contribution in [3.63, 3.8) is 0 Å². The fourth-order valence-electron chi connectivity index (χ4n) is 4.00. The molecular formula is C25H23BrN4O4S3. The Labute approximate surface area is 231 Å². The van der Waals surface area contributed by atoms with Crippen molar-refractivity contribution in [1.29, 1.82) is 0 Å². The molecule has 12 heteroatoms. The van der Waals surface area contributed by atoms with Crippen molar-refractivity contribution in [3.05, 3.63) is 87.1 Å². The molecule has 4 aromatic rings.